The van der Waals surface area contributed by atoms with Crippen LogP contribution in [-0.4, -0.2) is 145 Å². The predicted molar refractivity (Wildman–Crippen MR) is 252 cm³/mol. The number of anilines is 3. The molecule has 3 unspecified atom stereocenters. The number of amides is 2. The number of aromatic nitrogens is 9. The number of H-pyrrole nitrogens is 3. The van der Waals surface area contributed by atoms with E-state index < -0.39 is 0 Å². The smallest absolute Gasteiger partial charge is 0.219 e. The molecule has 6 fully saturated rings. The third-order valence-electron chi connectivity index (χ3n) is 15.6. The molecule has 3 aliphatic heterocycles. The van der Waals surface area contributed by atoms with Crippen molar-refractivity contribution < 1.29 is 9.59 Å². The molecule has 6 aromatic heterocycles. The number of nitrogens with zero attached hydrogens (tertiary/aromatic N) is 11. The highest BCUT2D eigenvalue weighted by atomic mass is 35.5. The lowest BCUT2D eigenvalue weighted by Crippen LogP contribution is -2.33. The number of halogens is 1. The van der Waals surface area contributed by atoms with Gasteiger partial charge in [-0.05, 0) is 105 Å². The zero-order chi connectivity index (χ0) is 43.4. The Morgan fingerprint density at radius 1 is 0.500 bits per heavy atom. The summed E-state index contributed by atoms with van der Waals surface area (Å²) in [7, 11) is 6.43. The first-order chi connectivity index (χ1) is 30.6. The van der Waals surface area contributed by atoms with Crippen molar-refractivity contribution in [1.29, 1.82) is 0 Å². The lowest BCUT2D eigenvalue weighted by Gasteiger charge is -2.27. The van der Waals surface area contributed by atoms with Gasteiger partial charge in [-0.1, -0.05) is 0 Å². The molecule has 18 heteroatoms. The Labute approximate surface area is 380 Å². The average Bonchev–Trinajstić information content (AvgIpc) is 4.12. The first-order valence-corrected chi connectivity index (χ1v) is 22.8. The van der Waals surface area contributed by atoms with E-state index in [1.165, 1.54) is 25.9 Å². The van der Waals surface area contributed by atoms with Gasteiger partial charge in [-0.2, -0.15) is 0 Å². The van der Waals surface area contributed by atoms with Gasteiger partial charge in [0.25, 0.3) is 0 Å². The van der Waals surface area contributed by atoms with Crippen molar-refractivity contribution in [3.8, 4) is 0 Å². The number of hydrogen-bond donors (Lipinski definition) is 4. The molecule has 6 aromatic rings. The van der Waals surface area contributed by atoms with Crippen LogP contribution in [0.25, 0.3) is 33.1 Å². The van der Waals surface area contributed by atoms with Gasteiger partial charge < -0.3 is 44.8 Å². The van der Waals surface area contributed by atoms with E-state index in [2.05, 4.69) is 92.1 Å². The minimum atomic E-state index is 0. The summed E-state index contributed by atoms with van der Waals surface area (Å²) in [5, 5.41) is 6.78. The van der Waals surface area contributed by atoms with Crippen LogP contribution < -0.4 is 20.0 Å². The standard InChI is InChI=1S/2C16H21N5O.C14H19N5.ClH/c2*1-10(22)21-7-11-5-13(6-12(11)8-21)20(2)16-14-3-4-17-15(14)18-9-19-16;1-19(11-4-9-6-15-7-10(9)5-11)14-12-2-3-16-13(12)17-8-18-14;/h2*3-4,9,11-13H,5-8H2,1-2H3,(H,17,18,19);2-3,8-11,15H,4-7H2,1H3,(H,16,17,18);1H/t2*11-,12+,13?;9-,10+,11?;. The van der Waals surface area contributed by atoms with Crippen molar-refractivity contribution in [3.63, 3.8) is 0 Å². The fourth-order valence-electron chi connectivity index (χ4n) is 12.1. The molecule has 0 spiro atoms. The second-order valence-corrected chi connectivity index (χ2v) is 19.1. The van der Waals surface area contributed by atoms with E-state index in [9.17, 15) is 9.59 Å². The van der Waals surface area contributed by atoms with E-state index in [1.54, 1.807) is 32.8 Å². The summed E-state index contributed by atoms with van der Waals surface area (Å²) < 4.78 is 0. The lowest BCUT2D eigenvalue weighted by atomic mass is 10.0. The van der Waals surface area contributed by atoms with Gasteiger partial charge >= 0.3 is 0 Å². The van der Waals surface area contributed by atoms with E-state index in [1.807, 2.05) is 40.5 Å². The Morgan fingerprint density at radius 2 is 0.797 bits per heavy atom. The van der Waals surface area contributed by atoms with Crippen LogP contribution in [0.3, 0.4) is 0 Å². The zero-order valence-electron chi connectivity index (χ0n) is 37.5. The first-order valence-electron chi connectivity index (χ1n) is 22.8. The molecule has 6 aliphatic rings. The number of hydrogen-bond acceptors (Lipinski definition) is 12. The van der Waals surface area contributed by atoms with Crippen LogP contribution in [0, 0.1) is 35.5 Å². The summed E-state index contributed by atoms with van der Waals surface area (Å²) in [6, 6.07) is 7.75. The maximum absolute atomic E-state index is 11.5. The fraction of sp³-hybridized carbons (Fsp3) is 0.565. The molecule has 9 atom stereocenters. The highest BCUT2D eigenvalue weighted by Gasteiger charge is 2.45. The predicted octanol–water partition coefficient (Wildman–Crippen LogP) is 5.12. The number of carbonyl (C=O) groups excluding carboxylic acids is 2. The maximum Gasteiger partial charge on any atom is 0.219 e. The van der Waals surface area contributed by atoms with Crippen LogP contribution in [0.15, 0.2) is 55.8 Å². The zero-order valence-corrected chi connectivity index (χ0v) is 38.3. The Balaban J connectivity index is 0.000000121. The third kappa shape index (κ3) is 8.32. The summed E-state index contributed by atoms with van der Waals surface area (Å²) in [5.74, 6) is 7.75. The molecule has 4 N–H and O–H groups in total. The molecule has 0 radical (unpaired) electrons. The van der Waals surface area contributed by atoms with Gasteiger partial charge in [-0.3, -0.25) is 9.59 Å². The number of fused-ring (bicyclic) bond motifs is 6. The Kier molecular flexibility index (Phi) is 12.4. The summed E-state index contributed by atoms with van der Waals surface area (Å²) in [4.78, 5) is 69.7. The van der Waals surface area contributed by atoms with Gasteiger partial charge in [-0.25, -0.2) is 29.9 Å². The Hall–Kier alpha value is -5.55. The molecule has 17 nitrogen and oxygen atoms in total. The van der Waals surface area contributed by atoms with E-state index in [0.717, 1.165) is 114 Å². The van der Waals surface area contributed by atoms with Crippen LogP contribution in [0.2, 0.25) is 0 Å². The number of nitrogens with one attached hydrogen (secondary N) is 4. The minimum Gasteiger partial charge on any atom is -0.356 e. The normalized spacial score (nSPS) is 27.7. The van der Waals surface area contributed by atoms with E-state index in [-0.39, 0.29) is 24.2 Å². The summed E-state index contributed by atoms with van der Waals surface area (Å²) in [6.07, 6.45) is 17.8. The van der Waals surface area contributed by atoms with Crippen molar-refractivity contribution in [3.05, 3.63) is 55.8 Å². The summed E-state index contributed by atoms with van der Waals surface area (Å²) in [5.41, 5.74) is 2.70. The lowest BCUT2D eigenvalue weighted by molar-refractivity contribution is -0.128. The van der Waals surface area contributed by atoms with Crippen LogP contribution in [-0.2, 0) is 9.59 Å². The van der Waals surface area contributed by atoms with Gasteiger partial charge in [-0.15, -0.1) is 12.4 Å². The number of carbonyl (C=O) groups is 2. The molecule has 0 bridgehead atoms. The Bertz CT molecular complexity index is 2420. The summed E-state index contributed by atoms with van der Waals surface area (Å²) in [6.45, 7) is 9.43. The van der Waals surface area contributed by atoms with Crippen LogP contribution >= 0.6 is 12.4 Å². The largest absolute Gasteiger partial charge is 0.356 e. The van der Waals surface area contributed by atoms with Crippen LogP contribution in [0.4, 0.5) is 17.5 Å². The molecule has 340 valence electrons. The molecule has 9 heterocycles. The minimum absolute atomic E-state index is 0. The molecule has 3 saturated heterocycles. The SMILES string of the molecule is CC(=O)N1C[C@H]2CC(N(C)c3ncnc4[nH]ccc34)C[C@H]2C1.CC(=O)N1C[C@H]2CC(N(C)c3ncnc4[nH]ccc34)C[C@H]2C1.CN(c1ncnc2[nH]ccc12)C1C[C@H]2CNC[C@H]2C1.Cl. The van der Waals surface area contributed by atoms with Gasteiger partial charge in [0.2, 0.25) is 11.8 Å². The molecule has 0 aromatic carbocycles. The molecule has 3 saturated carbocycles. The average molecular weight is 893 g/mol. The Morgan fingerprint density at radius 3 is 1.09 bits per heavy atom. The van der Waals surface area contributed by atoms with Gasteiger partial charge in [0.05, 0.1) is 16.2 Å². The van der Waals surface area contributed by atoms with Crippen molar-refractivity contribution in [2.45, 2.75) is 70.5 Å². The van der Waals surface area contributed by atoms with E-state index >= 15 is 0 Å². The van der Waals surface area contributed by atoms with Crippen molar-refractivity contribution >= 4 is 74.8 Å². The van der Waals surface area contributed by atoms with Crippen LogP contribution in [0.1, 0.15) is 52.4 Å². The molecule has 64 heavy (non-hydrogen) atoms. The van der Waals surface area contributed by atoms with E-state index in [4.69, 9.17) is 0 Å². The van der Waals surface area contributed by atoms with Crippen molar-refractivity contribution in [2.75, 3.05) is 75.1 Å². The number of aromatic amines is 3. The second kappa shape index (κ2) is 18.1. The molecule has 2 amide bonds. The third-order valence-corrected chi connectivity index (χ3v) is 15.6. The maximum atomic E-state index is 11.5. The van der Waals surface area contributed by atoms with Crippen molar-refractivity contribution in [2.24, 2.45) is 35.5 Å². The van der Waals surface area contributed by atoms with Gasteiger partial charge in [0.1, 0.15) is 53.4 Å². The molecular weight excluding hydrogens is 830 g/mol. The topological polar surface area (TPSA) is 187 Å². The van der Waals surface area contributed by atoms with Crippen molar-refractivity contribution in [1.82, 2.24) is 60.0 Å². The van der Waals surface area contributed by atoms with Crippen LogP contribution in [0.5, 0.6) is 0 Å². The van der Waals surface area contributed by atoms with E-state index in [0.29, 0.717) is 41.8 Å². The van der Waals surface area contributed by atoms with Gasteiger partial charge in [0.15, 0.2) is 0 Å². The molecule has 12 rings (SSSR count). The number of likely N-dealkylation sites (tertiary alicyclic amines) is 2. The monoisotopic (exact) mass is 891 g/mol. The summed E-state index contributed by atoms with van der Waals surface area (Å²) >= 11 is 0. The molecular formula is C46H62ClN15O2. The first kappa shape index (κ1) is 43.7. The highest BCUT2D eigenvalue weighted by molar-refractivity contribution is 5.89. The quantitative estimate of drug-likeness (QED) is 0.173. The molecule has 3 aliphatic carbocycles. The number of rotatable bonds is 6. The second-order valence-electron chi connectivity index (χ2n) is 19.1. The van der Waals surface area contributed by atoms with Gasteiger partial charge in [0, 0.05) is 97.9 Å². The fourth-order valence-corrected chi connectivity index (χ4v) is 12.1. The highest BCUT2D eigenvalue weighted by Crippen LogP contribution is 2.43.